The van der Waals surface area contributed by atoms with Crippen LogP contribution in [0.3, 0.4) is 0 Å². The largest absolute Gasteiger partial charge is 0.450 e. The molecular formula is C24H27NO5. The first-order chi connectivity index (χ1) is 14.5. The Hall–Kier alpha value is -3.12. The number of hydrogen-bond donors (Lipinski definition) is 1. The second-order valence-electron chi connectivity index (χ2n) is 7.10. The number of nitrogens with one attached hydrogen (secondary N) is 1. The van der Waals surface area contributed by atoms with Crippen LogP contribution >= 0.6 is 0 Å². The molecule has 1 amide bonds. The smallest absolute Gasteiger partial charge is 0.375 e. The highest BCUT2D eigenvalue weighted by atomic mass is 16.5. The molecule has 0 fully saturated rings. The lowest BCUT2D eigenvalue weighted by atomic mass is 9.99. The molecule has 3 aromatic rings. The van der Waals surface area contributed by atoms with Crippen molar-refractivity contribution in [2.75, 3.05) is 18.5 Å². The Bertz CT molecular complexity index is 1010. The van der Waals surface area contributed by atoms with Crippen LogP contribution in [0, 0.1) is 0 Å². The van der Waals surface area contributed by atoms with Crippen molar-refractivity contribution in [3.63, 3.8) is 0 Å². The lowest BCUT2D eigenvalue weighted by Crippen LogP contribution is -2.21. The summed E-state index contributed by atoms with van der Waals surface area (Å²) < 4.78 is 16.3. The lowest BCUT2D eigenvalue weighted by molar-refractivity contribution is -0.119. The highest BCUT2D eigenvalue weighted by Crippen LogP contribution is 2.27. The quantitative estimate of drug-likeness (QED) is 0.487. The van der Waals surface area contributed by atoms with Gasteiger partial charge in [0.15, 0.2) is 6.61 Å². The van der Waals surface area contributed by atoms with Crippen molar-refractivity contribution in [1.29, 1.82) is 0 Å². The van der Waals surface area contributed by atoms with Crippen molar-refractivity contribution in [2.24, 2.45) is 0 Å². The second kappa shape index (κ2) is 10.1. The van der Waals surface area contributed by atoms with Gasteiger partial charge in [0.1, 0.15) is 5.58 Å². The number of fused-ring (bicyclic) bond motifs is 1. The number of hydrogen-bond acceptors (Lipinski definition) is 5. The van der Waals surface area contributed by atoms with Crippen LogP contribution in [0.25, 0.3) is 11.0 Å². The van der Waals surface area contributed by atoms with Gasteiger partial charge in [-0.2, -0.15) is 0 Å². The zero-order valence-corrected chi connectivity index (χ0v) is 17.6. The molecule has 0 spiro atoms. The van der Waals surface area contributed by atoms with E-state index in [1.165, 1.54) is 5.56 Å². The molecule has 1 aromatic heterocycles. The van der Waals surface area contributed by atoms with Crippen LogP contribution in [-0.4, -0.2) is 25.1 Å². The molecule has 0 saturated carbocycles. The fraction of sp³-hybridized carbons (Fsp3) is 0.333. The number of esters is 1. The molecule has 2 aromatic carbocycles. The van der Waals surface area contributed by atoms with E-state index in [0.717, 1.165) is 11.8 Å². The Morgan fingerprint density at radius 3 is 2.50 bits per heavy atom. The predicted molar refractivity (Wildman–Crippen MR) is 116 cm³/mol. The van der Waals surface area contributed by atoms with Crippen LogP contribution in [-0.2, 0) is 20.9 Å². The molecule has 6 heteroatoms. The molecule has 3 rings (SSSR count). The summed E-state index contributed by atoms with van der Waals surface area (Å²) in [6.07, 6.45) is 1.05. The SMILES string of the molecule is CCOCc1c(C(=O)OCC(=O)Nc2ccc([C@@H](C)CC)cc2)oc2ccccc12. The maximum absolute atomic E-state index is 12.6. The van der Waals surface area contributed by atoms with Crippen LogP contribution in [0.15, 0.2) is 52.9 Å². The normalized spacial score (nSPS) is 12.0. The summed E-state index contributed by atoms with van der Waals surface area (Å²) >= 11 is 0. The number of ether oxygens (including phenoxy) is 2. The Kier molecular flexibility index (Phi) is 7.25. The highest BCUT2D eigenvalue weighted by Gasteiger charge is 2.22. The predicted octanol–water partition coefficient (Wildman–Crippen LogP) is 5.28. The van der Waals surface area contributed by atoms with Crippen LogP contribution in [0.1, 0.15) is 54.8 Å². The third-order valence-electron chi connectivity index (χ3n) is 5.04. The number of para-hydroxylation sites is 1. The van der Waals surface area contributed by atoms with E-state index < -0.39 is 18.5 Å². The Morgan fingerprint density at radius 1 is 1.07 bits per heavy atom. The first-order valence-electron chi connectivity index (χ1n) is 10.2. The van der Waals surface area contributed by atoms with E-state index in [-0.39, 0.29) is 12.4 Å². The van der Waals surface area contributed by atoms with Crippen molar-refractivity contribution >= 4 is 28.5 Å². The Morgan fingerprint density at radius 2 is 1.80 bits per heavy atom. The van der Waals surface area contributed by atoms with Crippen molar-refractivity contribution in [1.82, 2.24) is 0 Å². The summed E-state index contributed by atoms with van der Waals surface area (Å²) in [7, 11) is 0. The Balaban J connectivity index is 1.63. The van der Waals surface area contributed by atoms with Crippen LogP contribution in [0.4, 0.5) is 5.69 Å². The van der Waals surface area contributed by atoms with Crippen LogP contribution in [0.5, 0.6) is 0 Å². The lowest BCUT2D eigenvalue weighted by Gasteiger charge is -2.10. The molecule has 0 aliphatic rings. The van der Waals surface area contributed by atoms with E-state index >= 15 is 0 Å². The minimum absolute atomic E-state index is 0.0651. The van der Waals surface area contributed by atoms with Crippen molar-refractivity contribution in [3.8, 4) is 0 Å². The number of anilines is 1. The minimum Gasteiger partial charge on any atom is -0.450 e. The third-order valence-corrected chi connectivity index (χ3v) is 5.04. The van der Waals surface area contributed by atoms with E-state index in [2.05, 4.69) is 19.2 Å². The van der Waals surface area contributed by atoms with Gasteiger partial charge in [-0.3, -0.25) is 4.79 Å². The molecule has 0 bridgehead atoms. The maximum atomic E-state index is 12.6. The molecule has 1 atom stereocenters. The number of furan rings is 1. The molecular weight excluding hydrogens is 382 g/mol. The van der Waals surface area contributed by atoms with E-state index in [9.17, 15) is 9.59 Å². The van der Waals surface area contributed by atoms with Gasteiger partial charge in [-0.15, -0.1) is 0 Å². The molecule has 0 aliphatic carbocycles. The van der Waals surface area contributed by atoms with Gasteiger partial charge < -0.3 is 19.2 Å². The molecule has 1 N–H and O–H groups in total. The molecule has 1 heterocycles. The fourth-order valence-electron chi connectivity index (χ4n) is 3.14. The van der Waals surface area contributed by atoms with Gasteiger partial charge in [0.2, 0.25) is 5.76 Å². The third kappa shape index (κ3) is 5.07. The van der Waals surface area contributed by atoms with Gasteiger partial charge in [0, 0.05) is 23.2 Å². The zero-order chi connectivity index (χ0) is 21.5. The monoisotopic (exact) mass is 409 g/mol. The number of benzene rings is 2. The Labute approximate surface area is 176 Å². The van der Waals surface area contributed by atoms with Crippen molar-refractivity contribution in [2.45, 2.75) is 39.7 Å². The van der Waals surface area contributed by atoms with Gasteiger partial charge >= 0.3 is 5.97 Å². The van der Waals surface area contributed by atoms with Gasteiger partial charge in [-0.25, -0.2) is 4.79 Å². The van der Waals surface area contributed by atoms with Gasteiger partial charge in [0.25, 0.3) is 5.91 Å². The van der Waals surface area contributed by atoms with E-state index in [1.807, 2.05) is 49.4 Å². The zero-order valence-electron chi connectivity index (χ0n) is 17.6. The van der Waals surface area contributed by atoms with Gasteiger partial charge in [-0.1, -0.05) is 44.2 Å². The van der Waals surface area contributed by atoms with E-state index in [4.69, 9.17) is 13.9 Å². The van der Waals surface area contributed by atoms with Gasteiger partial charge in [0.05, 0.1) is 6.61 Å². The highest BCUT2D eigenvalue weighted by molar-refractivity contribution is 5.98. The van der Waals surface area contributed by atoms with Crippen molar-refractivity contribution < 1.29 is 23.5 Å². The summed E-state index contributed by atoms with van der Waals surface area (Å²) in [5.41, 5.74) is 3.07. The van der Waals surface area contributed by atoms with Crippen LogP contribution in [0.2, 0.25) is 0 Å². The molecule has 30 heavy (non-hydrogen) atoms. The molecule has 158 valence electrons. The molecule has 0 saturated heterocycles. The minimum atomic E-state index is -0.692. The average molecular weight is 409 g/mol. The van der Waals surface area contributed by atoms with Gasteiger partial charge in [-0.05, 0) is 43.0 Å². The summed E-state index contributed by atoms with van der Waals surface area (Å²) in [6, 6.07) is 15.0. The molecule has 6 nitrogen and oxygen atoms in total. The standard InChI is InChI=1S/C24H27NO5/c1-4-16(3)17-10-12-18(13-11-17)25-22(26)15-29-24(27)23-20(14-28-5-2)19-8-6-7-9-21(19)30-23/h6-13,16H,4-5,14-15H2,1-3H3,(H,25,26)/t16-/m0/s1. The average Bonchev–Trinajstić information content (AvgIpc) is 3.14. The first kappa shape index (κ1) is 21.6. The van der Waals surface area contributed by atoms with E-state index in [0.29, 0.717) is 29.4 Å². The number of carbonyl (C=O) groups excluding carboxylic acids is 2. The number of rotatable bonds is 9. The molecule has 0 aliphatic heterocycles. The summed E-state index contributed by atoms with van der Waals surface area (Å²) in [4.78, 5) is 24.8. The fourth-order valence-corrected chi connectivity index (χ4v) is 3.14. The second-order valence-corrected chi connectivity index (χ2v) is 7.10. The summed E-state index contributed by atoms with van der Waals surface area (Å²) in [5, 5.41) is 3.53. The molecule has 0 unspecified atom stereocenters. The van der Waals surface area contributed by atoms with E-state index in [1.54, 1.807) is 6.07 Å². The summed E-state index contributed by atoms with van der Waals surface area (Å²) in [5.74, 6) is -0.578. The van der Waals surface area contributed by atoms with Crippen molar-refractivity contribution in [3.05, 3.63) is 65.4 Å². The summed E-state index contributed by atoms with van der Waals surface area (Å²) in [6.45, 7) is 6.50. The number of amides is 1. The number of carbonyl (C=O) groups is 2. The molecule has 0 radical (unpaired) electrons. The maximum Gasteiger partial charge on any atom is 0.375 e. The topological polar surface area (TPSA) is 77.8 Å². The first-order valence-corrected chi connectivity index (χ1v) is 10.2. The van der Waals surface area contributed by atoms with Crippen LogP contribution < -0.4 is 5.32 Å².